The largest absolute Gasteiger partial charge is 0.361 e. The number of amides is 3. The van der Waals surface area contributed by atoms with E-state index in [9.17, 15) is 9.59 Å². The van der Waals surface area contributed by atoms with Crippen LogP contribution in [0.2, 0.25) is 0 Å². The second kappa shape index (κ2) is 11.1. The number of aryl methyl sites for hydroxylation is 2. The number of hydrogen-bond acceptors (Lipinski definition) is 5. The predicted molar refractivity (Wildman–Crippen MR) is 123 cm³/mol. The fraction of sp³-hybridized carbons (Fsp3) is 0.542. The van der Waals surface area contributed by atoms with Gasteiger partial charge in [0.1, 0.15) is 5.76 Å². The molecule has 2 aromatic rings. The van der Waals surface area contributed by atoms with Crippen molar-refractivity contribution in [3.63, 3.8) is 0 Å². The highest BCUT2D eigenvalue weighted by molar-refractivity contribution is 5.80. The van der Waals surface area contributed by atoms with E-state index >= 15 is 0 Å². The van der Waals surface area contributed by atoms with Gasteiger partial charge in [0.15, 0.2) is 0 Å². The molecule has 1 atom stereocenters. The lowest BCUT2D eigenvalue weighted by Crippen LogP contribution is -2.54. The van der Waals surface area contributed by atoms with Gasteiger partial charge in [0.25, 0.3) is 0 Å². The van der Waals surface area contributed by atoms with Crippen molar-refractivity contribution in [1.29, 1.82) is 0 Å². The van der Waals surface area contributed by atoms with Crippen molar-refractivity contribution in [3.8, 4) is 0 Å². The van der Waals surface area contributed by atoms with Crippen molar-refractivity contribution in [2.75, 3.05) is 45.8 Å². The summed E-state index contributed by atoms with van der Waals surface area (Å²) in [6.45, 7) is 12.5. The van der Waals surface area contributed by atoms with E-state index in [4.69, 9.17) is 4.52 Å². The normalized spacial score (nSPS) is 15.2. The van der Waals surface area contributed by atoms with Gasteiger partial charge in [-0.25, -0.2) is 4.79 Å². The number of benzene rings is 1. The molecule has 1 saturated heterocycles. The molecule has 174 valence electrons. The van der Waals surface area contributed by atoms with Crippen LogP contribution in [0, 0.1) is 13.8 Å². The molecule has 8 heteroatoms. The quantitative estimate of drug-likeness (QED) is 0.681. The van der Waals surface area contributed by atoms with Crippen molar-refractivity contribution < 1.29 is 14.1 Å². The molecule has 1 aromatic heterocycles. The Morgan fingerprint density at radius 2 is 1.69 bits per heavy atom. The third-order valence-electron chi connectivity index (χ3n) is 6.31. The number of carbonyl (C=O) groups is 2. The summed E-state index contributed by atoms with van der Waals surface area (Å²) in [7, 11) is 0. The van der Waals surface area contributed by atoms with E-state index in [1.807, 2.05) is 36.9 Å². The van der Waals surface area contributed by atoms with E-state index in [1.54, 1.807) is 4.90 Å². The average molecular weight is 442 g/mol. The Hall–Kier alpha value is -2.87. The molecule has 0 radical (unpaired) electrons. The maximum absolute atomic E-state index is 12.8. The summed E-state index contributed by atoms with van der Waals surface area (Å²) in [6.07, 6.45) is 0.288. The van der Waals surface area contributed by atoms with Crippen LogP contribution < -0.4 is 5.32 Å². The van der Waals surface area contributed by atoms with Crippen LogP contribution in [0.3, 0.4) is 0 Å². The number of rotatable bonds is 8. The first kappa shape index (κ1) is 23.8. The molecule has 8 nitrogen and oxygen atoms in total. The summed E-state index contributed by atoms with van der Waals surface area (Å²) >= 11 is 0. The molecule has 0 saturated carbocycles. The standard InChI is InChI=1S/C24H35N5O3/c1-5-27(6-2)22(20-10-8-7-9-11-20)17-25-24(31)29-14-12-28(13-15-29)23(30)16-21-18(3)26-32-19(21)4/h7-11,22H,5-6,12-17H2,1-4H3,(H,25,31). The van der Waals surface area contributed by atoms with Gasteiger partial charge in [-0.2, -0.15) is 0 Å². The molecule has 2 heterocycles. The lowest BCUT2D eigenvalue weighted by Gasteiger charge is -2.36. The number of nitrogens with one attached hydrogen (secondary N) is 1. The Kier molecular flexibility index (Phi) is 8.27. The number of carbonyl (C=O) groups excluding carboxylic acids is 2. The second-order valence-electron chi connectivity index (χ2n) is 8.18. The van der Waals surface area contributed by atoms with Crippen molar-refractivity contribution in [1.82, 2.24) is 25.2 Å². The first-order chi connectivity index (χ1) is 15.4. The molecule has 0 bridgehead atoms. The lowest BCUT2D eigenvalue weighted by atomic mass is 10.1. The van der Waals surface area contributed by atoms with Crippen LogP contribution in [0.1, 0.15) is 42.5 Å². The van der Waals surface area contributed by atoms with Gasteiger partial charge in [-0.1, -0.05) is 49.3 Å². The Balaban J connectivity index is 1.51. The monoisotopic (exact) mass is 441 g/mol. The van der Waals surface area contributed by atoms with E-state index in [0.29, 0.717) is 38.5 Å². The van der Waals surface area contributed by atoms with Crippen LogP contribution in [0.15, 0.2) is 34.9 Å². The Bertz CT molecular complexity index is 867. The molecule has 3 amide bonds. The molecule has 0 aliphatic carbocycles. The molecule has 1 aromatic carbocycles. The molecule has 32 heavy (non-hydrogen) atoms. The van der Waals surface area contributed by atoms with Crippen LogP contribution in [0.5, 0.6) is 0 Å². The number of urea groups is 1. The third kappa shape index (κ3) is 5.68. The van der Waals surface area contributed by atoms with Crippen LogP contribution in [-0.2, 0) is 11.2 Å². The topological polar surface area (TPSA) is 81.9 Å². The minimum Gasteiger partial charge on any atom is -0.361 e. The molecule has 1 fully saturated rings. The zero-order valence-corrected chi connectivity index (χ0v) is 19.6. The fourth-order valence-electron chi connectivity index (χ4n) is 4.27. The molecule has 1 aliphatic heterocycles. The molecule has 1 aliphatic rings. The summed E-state index contributed by atoms with van der Waals surface area (Å²) in [5, 5.41) is 7.04. The summed E-state index contributed by atoms with van der Waals surface area (Å²) in [5.41, 5.74) is 2.82. The Morgan fingerprint density at radius 1 is 1.06 bits per heavy atom. The van der Waals surface area contributed by atoms with Crippen molar-refractivity contribution >= 4 is 11.9 Å². The first-order valence-corrected chi connectivity index (χ1v) is 11.5. The van der Waals surface area contributed by atoms with Gasteiger partial charge < -0.3 is 19.6 Å². The summed E-state index contributed by atoms with van der Waals surface area (Å²) in [5.74, 6) is 0.736. The summed E-state index contributed by atoms with van der Waals surface area (Å²) < 4.78 is 5.16. The van der Waals surface area contributed by atoms with Gasteiger partial charge in [0.05, 0.1) is 18.2 Å². The van der Waals surface area contributed by atoms with Gasteiger partial charge in [0.2, 0.25) is 5.91 Å². The van der Waals surface area contributed by atoms with Crippen LogP contribution in [-0.4, -0.2) is 77.6 Å². The minimum atomic E-state index is -0.0732. The van der Waals surface area contributed by atoms with Gasteiger partial charge >= 0.3 is 6.03 Å². The smallest absolute Gasteiger partial charge is 0.317 e. The summed E-state index contributed by atoms with van der Waals surface area (Å²) in [4.78, 5) is 31.5. The highest BCUT2D eigenvalue weighted by Gasteiger charge is 2.26. The van der Waals surface area contributed by atoms with Crippen LogP contribution in [0.4, 0.5) is 4.79 Å². The Labute approximate surface area is 190 Å². The van der Waals surface area contributed by atoms with E-state index in [2.05, 4.69) is 41.4 Å². The molecular formula is C24H35N5O3. The zero-order chi connectivity index (χ0) is 23.1. The van der Waals surface area contributed by atoms with Crippen LogP contribution in [0.25, 0.3) is 0 Å². The van der Waals surface area contributed by atoms with Crippen molar-refractivity contribution in [2.45, 2.75) is 40.2 Å². The summed E-state index contributed by atoms with van der Waals surface area (Å²) in [6, 6.07) is 10.4. The maximum Gasteiger partial charge on any atom is 0.317 e. The Morgan fingerprint density at radius 3 is 2.25 bits per heavy atom. The van der Waals surface area contributed by atoms with Gasteiger partial charge in [-0.05, 0) is 32.5 Å². The van der Waals surface area contributed by atoms with Gasteiger partial charge in [0, 0.05) is 38.3 Å². The third-order valence-corrected chi connectivity index (χ3v) is 6.31. The molecule has 3 rings (SSSR count). The molecular weight excluding hydrogens is 406 g/mol. The maximum atomic E-state index is 12.8. The average Bonchev–Trinajstić information content (AvgIpc) is 3.14. The fourth-order valence-corrected chi connectivity index (χ4v) is 4.27. The van der Waals surface area contributed by atoms with Gasteiger partial charge in [-0.3, -0.25) is 9.69 Å². The number of likely N-dealkylation sites (N-methyl/N-ethyl adjacent to an activating group) is 1. The SMILES string of the molecule is CCN(CC)C(CNC(=O)N1CCN(C(=O)Cc2c(C)noc2C)CC1)c1ccccc1. The second-order valence-corrected chi connectivity index (χ2v) is 8.18. The zero-order valence-electron chi connectivity index (χ0n) is 19.6. The predicted octanol–water partition coefficient (Wildman–Crippen LogP) is 2.77. The van der Waals surface area contributed by atoms with Crippen molar-refractivity contribution in [3.05, 3.63) is 52.9 Å². The highest BCUT2D eigenvalue weighted by atomic mass is 16.5. The van der Waals surface area contributed by atoms with Crippen LogP contribution >= 0.6 is 0 Å². The molecule has 1 unspecified atom stereocenters. The van der Waals surface area contributed by atoms with E-state index in [0.717, 1.165) is 24.3 Å². The highest BCUT2D eigenvalue weighted by Crippen LogP contribution is 2.20. The number of hydrogen-bond donors (Lipinski definition) is 1. The van der Waals surface area contributed by atoms with Gasteiger partial charge in [-0.15, -0.1) is 0 Å². The van der Waals surface area contributed by atoms with E-state index < -0.39 is 0 Å². The minimum absolute atomic E-state index is 0.0464. The van der Waals surface area contributed by atoms with E-state index in [-0.39, 0.29) is 24.4 Å². The number of nitrogens with zero attached hydrogens (tertiary/aromatic N) is 4. The van der Waals surface area contributed by atoms with E-state index in [1.165, 1.54) is 5.56 Å². The number of piperazine rings is 1. The van der Waals surface area contributed by atoms with Crippen molar-refractivity contribution in [2.24, 2.45) is 0 Å². The molecule has 0 spiro atoms. The molecule has 1 N–H and O–H groups in total. The number of aromatic nitrogens is 1. The first-order valence-electron chi connectivity index (χ1n) is 11.5. The lowest BCUT2D eigenvalue weighted by molar-refractivity contribution is -0.131.